The molecule has 2 aromatic rings. The van der Waals surface area contributed by atoms with Gasteiger partial charge >= 0.3 is 12.1 Å². The number of cyclic esters (lactones) is 1. The number of fused-ring (bicyclic) bond motifs is 1. The lowest BCUT2D eigenvalue weighted by Crippen LogP contribution is -2.41. The Hall–Kier alpha value is -2.82. The van der Waals surface area contributed by atoms with Gasteiger partial charge in [0.25, 0.3) is 0 Å². The summed E-state index contributed by atoms with van der Waals surface area (Å²) < 4.78 is 11.2. The zero-order valence-electron chi connectivity index (χ0n) is 19.7. The molecule has 0 radical (unpaired) electrons. The zero-order chi connectivity index (χ0) is 23.0. The fraction of sp³-hybridized carbons (Fsp3) is 0.481. The summed E-state index contributed by atoms with van der Waals surface area (Å²) in [4.78, 5) is 26.7. The van der Waals surface area contributed by atoms with Gasteiger partial charge < -0.3 is 14.4 Å². The second-order valence-corrected chi connectivity index (χ2v) is 10.1. The van der Waals surface area contributed by atoms with Crippen LogP contribution in [0.25, 0.3) is 0 Å². The Bertz CT molecular complexity index is 1030. The summed E-state index contributed by atoms with van der Waals surface area (Å²) in [5, 5.41) is 0. The van der Waals surface area contributed by atoms with E-state index in [9.17, 15) is 9.59 Å². The van der Waals surface area contributed by atoms with Crippen LogP contribution in [0.4, 0.5) is 4.79 Å². The van der Waals surface area contributed by atoms with Crippen LogP contribution in [0.5, 0.6) is 0 Å². The molecule has 0 bridgehead atoms. The third-order valence-corrected chi connectivity index (χ3v) is 6.41. The summed E-state index contributed by atoms with van der Waals surface area (Å²) >= 11 is 0. The highest BCUT2D eigenvalue weighted by atomic mass is 16.6. The van der Waals surface area contributed by atoms with Gasteiger partial charge in [0, 0.05) is 25.1 Å². The van der Waals surface area contributed by atoms with Crippen LogP contribution in [0, 0.1) is 13.8 Å². The number of esters is 1. The van der Waals surface area contributed by atoms with Crippen molar-refractivity contribution in [2.45, 2.75) is 71.5 Å². The average molecular weight is 436 g/mol. The molecule has 5 nitrogen and oxygen atoms in total. The van der Waals surface area contributed by atoms with Gasteiger partial charge in [0.1, 0.15) is 11.7 Å². The van der Waals surface area contributed by atoms with Crippen LogP contribution in [0.15, 0.2) is 36.4 Å². The highest BCUT2D eigenvalue weighted by Crippen LogP contribution is 2.37. The largest absolute Gasteiger partial charge is 0.454 e. The van der Waals surface area contributed by atoms with Gasteiger partial charge in [-0.3, -0.25) is 0 Å². The van der Waals surface area contributed by atoms with E-state index in [2.05, 4.69) is 44.2 Å². The normalized spacial score (nSPS) is 19.0. The highest BCUT2D eigenvalue weighted by Gasteiger charge is 2.33. The van der Waals surface area contributed by atoms with Crippen LogP contribution >= 0.6 is 0 Å². The number of piperidine rings is 1. The molecule has 5 heteroatoms. The molecule has 0 N–H and O–H groups in total. The van der Waals surface area contributed by atoms with Crippen molar-refractivity contribution in [1.82, 2.24) is 4.90 Å². The van der Waals surface area contributed by atoms with Crippen molar-refractivity contribution in [2.75, 3.05) is 13.1 Å². The smallest absolute Gasteiger partial charge is 0.410 e. The lowest BCUT2D eigenvalue weighted by atomic mass is 9.87. The number of likely N-dealkylation sites (tertiary alicyclic amines) is 1. The first-order valence-corrected chi connectivity index (χ1v) is 11.5. The SMILES string of the molecule is Cc1ccc(CC2OC(=O)c3cc(C4CCN(C(=O)OC(C)(C)C)CC4)ccc32)c(C)c1. The molecule has 1 unspecified atom stereocenters. The molecule has 4 rings (SSSR count). The van der Waals surface area contributed by atoms with Gasteiger partial charge in [-0.15, -0.1) is 0 Å². The topological polar surface area (TPSA) is 55.8 Å². The van der Waals surface area contributed by atoms with Crippen molar-refractivity contribution >= 4 is 12.1 Å². The molecule has 0 spiro atoms. The molecule has 0 saturated carbocycles. The maximum atomic E-state index is 12.6. The first-order valence-electron chi connectivity index (χ1n) is 11.5. The summed E-state index contributed by atoms with van der Waals surface area (Å²) in [7, 11) is 0. The lowest BCUT2D eigenvalue weighted by Gasteiger charge is -2.33. The average Bonchev–Trinajstić information content (AvgIpc) is 3.04. The van der Waals surface area contributed by atoms with Crippen LogP contribution in [-0.2, 0) is 15.9 Å². The second-order valence-electron chi connectivity index (χ2n) is 10.1. The number of aryl methyl sites for hydroxylation is 2. The van der Waals surface area contributed by atoms with E-state index in [0.29, 0.717) is 31.0 Å². The quantitative estimate of drug-likeness (QED) is 0.566. The Morgan fingerprint density at radius 1 is 1.09 bits per heavy atom. The first kappa shape index (κ1) is 22.4. The minimum Gasteiger partial charge on any atom is -0.454 e. The molecule has 1 fully saturated rings. The number of carbonyl (C=O) groups excluding carboxylic acids is 2. The van der Waals surface area contributed by atoms with Crippen molar-refractivity contribution < 1.29 is 19.1 Å². The highest BCUT2D eigenvalue weighted by molar-refractivity contribution is 5.94. The van der Waals surface area contributed by atoms with Crippen LogP contribution in [-0.4, -0.2) is 35.7 Å². The number of hydrogen-bond acceptors (Lipinski definition) is 4. The van der Waals surface area contributed by atoms with Crippen molar-refractivity contribution in [3.05, 3.63) is 69.8 Å². The summed E-state index contributed by atoms with van der Waals surface area (Å²) in [6.45, 7) is 11.2. The molecule has 170 valence electrons. The Labute approximate surface area is 190 Å². The molecule has 2 aliphatic rings. The van der Waals surface area contributed by atoms with E-state index in [1.165, 1.54) is 16.7 Å². The Morgan fingerprint density at radius 3 is 2.47 bits per heavy atom. The van der Waals surface area contributed by atoms with Crippen LogP contribution in [0.2, 0.25) is 0 Å². The first-order chi connectivity index (χ1) is 15.1. The predicted molar refractivity (Wildman–Crippen MR) is 124 cm³/mol. The number of benzene rings is 2. The molecule has 1 saturated heterocycles. The van der Waals surface area contributed by atoms with Gasteiger partial charge in [-0.1, -0.05) is 35.9 Å². The van der Waals surface area contributed by atoms with Gasteiger partial charge in [-0.05, 0) is 76.1 Å². The summed E-state index contributed by atoms with van der Waals surface area (Å²) in [5.74, 6) is 0.0907. The van der Waals surface area contributed by atoms with E-state index in [1.54, 1.807) is 4.90 Å². The van der Waals surface area contributed by atoms with E-state index >= 15 is 0 Å². The van der Waals surface area contributed by atoms with E-state index in [1.807, 2.05) is 26.8 Å². The third-order valence-electron chi connectivity index (χ3n) is 6.41. The van der Waals surface area contributed by atoms with Crippen LogP contribution in [0.3, 0.4) is 0 Å². The molecular formula is C27H33NO4. The van der Waals surface area contributed by atoms with E-state index in [-0.39, 0.29) is 18.2 Å². The van der Waals surface area contributed by atoms with Gasteiger partial charge in [0.15, 0.2) is 0 Å². The second kappa shape index (κ2) is 8.61. The summed E-state index contributed by atoms with van der Waals surface area (Å²) in [6, 6.07) is 12.6. The van der Waals surface area contributed by atoms with Crippen LogP contribution < -0.4 is 0 Å². The molecular weight excluding hydrogens is 402 g/mol. The third kappa shape index (κ3) is 4.82. The summed E-state index contributed by atoms with van der Waals surface area (Å²) in [6.07, 6.45) is 1.93. The maximum absolute atomic E-state index is 12.6. The van der Waals surface area contributed by atoms with Gasteiger partial charge in [-0.25, -0.2) is 9.59 Å². The zero-order valence-corrected chi connectivity index (χ0v) is 19.7. The Balaban J connectivity index is 1.44. The number of carbonyl (C=O) groups is 2. The van der Waals surface area contributed by atoms with E-state index in [4.69, 9.17) is 9.47 Å². The predicted octanol–water partition coefficient (Wildman–Crippen LogP) is 5.87. The molecule has 2 aromatic carbocycles. The van der Waals surface area contributed by atoms with Gasteiger partial charge in [0.05, 0.1) is 5.56 Å². The standard InChI is InChI=1S/C27H33NO4/c1-17-6-7-20(18(2)14-17)16-24-22-9-8-21(15-23(22)25(29)31-24)19-10-12-28(13-11-19)26(30)32-27(3,4)5/h6-9,14-15,19,24H,10-13,16H2,1-5H3. The summed E-state index contributed by atoms with van der Waals surface area (Å²) in [5.41, 5.74) is 6.00. The molecule has 0 aliphatic carbocycles. The Kier molecular flexibility index (Phi) is 6.02. The number of ether oxygens (including phenoxy) is 2. The number of hydrogen-bond donors (Lipinski definition) is 0. The van der Waals surface area contributed by atoms with Crippen molar-refractivity contribution in [1.29, 1.82) is 0 Å². The molecule has 32 heavy (non-hydrogen) atoms. The van der Waals surface area contributed by atoms with E-state index < -0.39 is 5.60 Å². The lowest BCUT2D eigenvalue weighted by molar-refractivity contribution is 0.0204. The minimum atomic E-state index is -0.484. The van der Waals surface area contributed by atoms with Gasteiger partial charge in [-0.2, -0.15) is 0 Å². The monoisotopic (exact) mass is 435 g/mol. The minimum absolute atomic E-state index is 0.234. The number of rotatable bonds is 3. The molecule has 1 amide bonds. The molecule has 0 aromatic heterocycles. The Morgan fingerprint density at radius 2 is 1.81 bits per heavy atom. The molecule has 1 atom stereocenters. The van der Waals surface area contributed by atoms with Crippen molar-refractivity contribution in [3.8, 4) is 0 Å². The van der Waals surface area contributed by atoms with Gasteiger partial charge in [0.2, 0.25) is 0 Å². The van der Waals surface area contributed by atoms with E-state index in [0.717, 1.165) is 24.0 Å². The van der Waals surface area contributed by atoms with Crippen LogP contribution in [0.1, 0.15) is 83.8 Å². The van der Waals surface area contributed by atoms with Crippen molar-refractivity contribution in [2.24, 2.45) is 0 Å². The fourth-order valence-corrected chi connectivity index (χ4v) is 4.69. The molecule has 2 heterocycles. The number of amides is 1. The maximum Gasteiger partial charge on any atom is 0.410 e. The van der Waals surface area contributed by atoms with Crippen molar-refractivity contribution in [3.63, 3.8) is 0 Å². The fourth-order valence-electron chi connectivity index (χ4n) is 4.69. The molecule has 2 aliphatic heterocycles. The number of nitrogens with zero attached hydrogens (tertiary/aromatic N) is 1.